The van der Waals surface area contributed by atoms with Crippen LogP contribution in [0.4, 0.5) is 0 Å². The van der Waals surface area contributed by atoms with Gasteiger partial charge in [0.25, 0.3) is 0 Å². The Morgan fingerprint density at radius 2 is 1.76 bits per heavy atom. The third-order valence-electron chi connectivity index (χ3n) is 2.82. The van der Waals surface area contributed by atoms with Gasteiger partial charge in [0.15, 0.2) is 9.84 Å². The first-order valence-electron chi connectivity index (χ1n) is 6.72. The van der Waals surface area contributed by atoms with Gasteiger partial charge in [-0.2, -0.15) is 0 Å². The maximum Gasteiger partial charge on any atom is 0.230 e. The Balaban J connectivity index is 2.64. The van der Waals surface area contributed by atoms with Gasteiger partial charge in [0, 0.05) is 11.0 Å². The topological polar surface area (TPSA) is 63.2 Å². The van der Waals surface area contributed by atoms with Crippen molar-refractivity contribution in [3.8, 4) is 0 Å². The molecule has 0 saturated carbocycles. The summed E-state index contributed by atoms with van der Waals surface area (Å²) in [7, 11) is -3.18. The van der Waals surface area contributed by atoms with Gasteiger partial charge in [0.2, 0.25) is 5.91 Å². The molecular weight excluding hydrogens is 306 g/mol. The van der Waals surface area contributed by atoms with Crippen LogP contribution in [0.3, 0.4) is 0 Å². The minimum atomic E-state index is -3.18. The molecule has 0 heterocycles. The Morgan fingerprint density at radius 3 is 2.19 bits per heavy atom. The van der Waals surface area contributed by atoms with Crippen molar-refractivity contribution in [3.05, 3.63) is 29.8 Å². The first-order chi connectivity index (χ1) is 9.49. The molecule has 1 unspecified atom stereocenters. The minimum Gasteiger partial charge on any atom is -0.349 e. The second-order valence-electron chi connectivity index (χ2n) is 6.03. The van der Waals surface area contributed by atoms with Crippen molar-refractivity contribution in [2.75, 3.05) is 12.0 Å². The Labute approximate surface area is 131 Å². The molecule has 1 atom stereocenters. The first-order valence-corrected chi connectivity index (χ1v) is 9.60. The van der Waals surface area contributed by atoms with Gasteiger partial charge < -0.3 is 5.32 Å². The molecule has 1 aromatic carbocycles. The first kappa shape index (κ1) is 18.0. The molecule has 1 amide bonds. The zero-order chi connectivity index (χ0) is 16.3. The normalized spacial score (nSPS) is 13.8. The van der Waals surface area contributed by atoms with Gasteiger partial charge >= 0.3 is 0 Å². The number of hydrogen-bond acceptors (Lipinski definition) is 4. The van der Waals surface area contributed by atoms with E-state index in [0.29, 0.717) is 5.75 Å². The fourth-order valence-electron chi connectivity index (χ4n) is 1.65. The smallest absolute Gasteiger partial charge is 0.230 e. The summed E-state index contributed by atoms with van der Waals surface area (Å²) < 4.78 is 22.9. The zero-order valence-corrected chi connectivity index (χ0v) is 14.8. The van der Waals surface area contributed by atoms with E-state index in [1.54, 1.807) is 36.0 Å². The summed E-state index contributed by atoms with van der Waals surface area (Å²) in [5.74, 6) is 0.393. The predicted molar refractivity (Wildman–Crippen MR) is 88.3 cm³/mol. The molecule has 0 saturated heterocycles. The molecule has 0 aliphatic rings. The van der Waals surface area contributed by atoms with E-state index in [1.807, 2.05) is 6.92 Å². The van der Waals surface area contributed by atoms with Gasteiger partial charge in [-0.15, -0.1) is 11.8 Å². The van der Waals surface area contributed by atoms with Crippen molar-refractivity contribution in [1.29, 1.82) is 0 Å². The van der Waals surface area contributed by atoms with E-state index in [1.165, 1.54) is 6.26 Å². The molecule has 0 aliphatic carbocycles. The Kier molecular flexibility index (Phi) is 5.87. The average Bonchev–Trinajstić information content (AvgIpc) is 2.34. The molecule has 1 aromatic rings. The monoisotopic (exact) mass is 329 g/mol. The molecule has 0 spiro atoms. The lowest BCUT2D eigenvalue weighted by Gasteiger charge is -2.19. The van der Waals surface area contributed by atoms with Gasteiger partial charge in [-0.3, -0.25) is 4.79 Å². The summed E-state index contributed by atoms with van der Waals surface area (Å²) in [6.07, 6.45) is 1.18. The van der Waals surface area contributed by atoms with Crippen LogP contribution in [0.1, 0.15) is 39.3 Å². The molecule has 6 heteroatoms. The third-order valence-corrected chi connectivity index (χ3v) is 5.22. The van der Waals surface area contributed by atoms with Crippen LogP contribution < -0.4 is 5.32 Å². The zero-order valence-electron chi connectivity index (χ0n) is 13.1. The summed E-state index contributed by atoms with van der Waals surface area (Å²) in [5.41, 5.74) is 0.886. The lowest BCUT2D eigenvalue weighted by Crippen LogP contribution is -2.29. The number of benzene rings is 1. The molecule has 1 rings (SSSR count). The van der Waals surface area contributed by atoms with Crippen LogP contribution in [-0.4, -0.2) is 31.1 Å². The number of thioether (sulfide) groups is 1. The third kappa shape index (κ3) is 6.52. The number of hydrogen-bond donors (Lipinski definition) is 1. The van der Waals surface area contributed by atoms with E-state index < -0.39 is 9.84 Å². The van der Waals surface area contributed by atoms with Crippen LogP contribution in [0.5, 0.6) is 0 Å². The SMILES string of the molecule is CC(NC(=O)CSC(C)(C)C)c1ccc(S(C)(=O)=O)cc1. The molecular formula is C15H23NO3S2. The summed E-state index contributed by atoms with van der Waals surface area (Å²) in [5, 5.41) is 2.92. The second kappa shape index (κ2) is 6.83. The highest BCUT2D eigenvalue weighted by Gasteiger charge is 2.15. The molecule has 0 fully saturated rings. The van der Waals surface area contributed by atoms with Crippen LogP contribution in [-0.2, 0) is 14.6 Å². The molecule has 118 valence electrons. The largest absolute Gasteiger partial charge is 0.349 e. The maximum absolute atomic E-state index is 11.9. The van der Waals surface area contributed by atoms with Gasteiger partial charge in [-0.1, -0.05) is 32.9 Å². The summed E-state index contributed by atoms with van der Waals surface area (Å²) in [6, 6.07) is 6.46. The Morgan fingerprint density at radius 1 is 1.24 bits per heavy atom. The van der Waals surface area contributed by atoms with E-state index in [-0.39, 0.29) is 21.6 Å². The van der Waals surface area contributed by atoms with Crippen LogP contribution in [0.2, 0.25) is 0 Å². The highest BCUT2D eigenvalue weighted by atomic mass is 32.2. The van der Waals surface area contributed by atoms with Crippen molar-refractivity contribution < 1.29 is 13.2 Å². The highest BCUT2D eigenvalue weighted by Crippen LogP contribution is 2.23. The van der Waals surface area contributed by atoms with Crippen molar-refractivity contribution >= 4 is 27.5 Å². The predicted octanol–water partition coefficient (Wildman–Crippen LogP) is 2.80. The van der Waals surface area contributed by atoms with Gasteiger partial charge in [0.05, 0.1) is 16.7 Å². The molecule has 0 bridgehead atoms. The molecule has 21 heavy (non-hydrogen) atoms. The van der Waals surface area contributed by atoms with E-state index in [0.717, 1.165) is 5.56 Å². The Hall–Kier alpha value is -1.01. The molecule has 4 nitrogen and oxygen atoms in total. The van der Waals surface area contributed by atoms with Crippen LogP contribution in [0.25, 0.3) is 0 Å². The maximum atomic E-state index is 11.9. The van der Waals surface area contributed by atoms with Crippen LogP contribution >= 0.6 is 11.8 Å². The van der Waals surface area contributed by atoms with Crippen LogP contribution in [0, 0.1) is 0 Å². The standard InChI is InChI=1S/C15H23NO3S2/c1-11(16-14(17)10-20-15(2,3)4)12-6-8-13(9-7-12)21(5,18)19/h6-9,11H,10H2,1-5H3,(H,16,17). The van der Waals surface area contributed by atoms with Crippen molar-refractivity contribution in [1.82, 2.24) is 5.32 Å². The minimum absolute atomic E-state index is 0.0189. The highest BCUT2D eigenvalue weighted by molar-refractivity contribution is 8.01. The number of rotatable bonds is 5. The number of carbonyl (C=O) groups is 1. The molecule has 0 aliphatic heterocycles. The van der Waals surface area contributed by atoms with E-state index in [9.17, 15) is 13.2 Å². The van der Waals surface area contributed by atoms with E-state index in [4.69, 9.17) is 0 Å². The number of amides is 1. The fourth-order valence-corrected chi connectivity index (χ4v) is 2.93. The van der Waals surface area contributed by atoms with Gasteiger partial charge in [-0.25, -0.2) is 8.42 Å². The van der Waals surface area contributed by atoms with Crippen LogP contribution in [0.15, 0.2) is 29.2 Å². The Bertz CT molecular complexity index is 586. The van der Waals surface area contributed by atoms with Crippen molar-refractivity contribution in [2.45, 2.75) is 43.4 Å². The average molecular weight is 329 g/mol. The quantitative estimate of drug-likeness (QED) is 0.902. The lowest BCUT2D eigenvalue weighted by atomic mass is 10.1. The van der Waals surface area contributed by atoms with Crippen molar-refractivity contribution in [3.63, 3.8) is 0 Å². The summed E-state index contributed by atoms with van der Waals surface area (Å²) >= 11 is 1.59. The fraction of sp³-hybridized carbons (Fsp3) is 0.533. The summed E-state index contributed by atoms with van der Waals surface area (Å²) in [4.78, 5) is 12.2. The van der Waals surface area contributed by atoms with E-state index in [2.05, 4.69) is 26.1 Å². The van der Waals surface area contributed by atoms with E-state index >= 15 is 0 Å². The van der Waals surface area contributed by atoms with Crippen molar-refractivity contribution in [2.24, 2.45) is 0 Å². The number of nitrogens with one attached hydrogen (secondary N) is 1. The number of sulfone groups is 1. The molecule has 0 radical (unpaired) electrons. The molecule has 1 N–H and O–H groups in total. The lowest BCUT2D eigenvalue weighted by molar-refractivity contribution is -0.119. The number of carbonyl (C=O) groups excluding carboxylic acids is 1. The molecule has 0 aromatic heterocycles. The van der Waals surface area contributed by atoms with Gasteiger partial charge in [-0.05, 0) is 24.6 Å². The van der Waals surface area contributed by atoms with Gasteiger partial charge in [0.1, 0.15) is 0 Å². The summed E-state index contributed by atoms with van der Waals surface area (Å²) in [6.45, 7) is 8.09. The second-order valence-corrected chi connectivity index (χ2v) is 9.85.